The van der Waals surface area contributed by atoms with Crippen LogP contribution in [0.4, 0.5) is 4.39 Å². The molecule has 0 saturated carbocycles. The van der Waals surface area contributed by atoms with Crippen LogP contribution in [0.1, 0.15) is 5.56 Å². The van der Waals surface area contributed by atoms with E-state index in [2.05, 4.69) is 21.1 Å². The van der Waals surface area contributed by atoms with E-state index < -0.39 is 0 Å². The lowest BCUT2D eigenvalue weighted by Gasteiger charge is -2.07. The number of alkyl halides is 1. The van der Waals surface area contributed by atoms with Gasteiger partial charge in [-0.2, -0.15) is 0 Å². The first-order valence-corrected chi connectivity index (χ1v) is 7.67. The van der Waals surface area contributed by atoms with Crippen molar-refractivity contribution in [3.8, 4) is 17.0 Å². The second-order valence-corrected chi connectivity index (χ2v) is 5.41. The largest absolute Gasteiger partial charge is 0.492 e. The molecule has 0 aliphatic heterocycles. The third-order valence-electron chi connectivity index (χ3n) is 3.30. The van der Waals surface area contributed by atoms with Gasteiger partial charge < -0.3 is 9.26 Å². The molecule has 0 aliphatic rings. The number of ether oxygens (including phenoxy) is 1. The van der Waals surface area contributed by atoms with Gasteiger partial charge in [-0.1, -0.05) is 33.2 Å². The highest BCUT2D eigenvalue weighted by Crippen LogP contribution is 2.34. The van der Waals surface area contributed by atoms with Gasteiger partial charge in [0.1, 0.15) is 17.3 Å². The van der Waals surface area contributed by atoms with E-state index in [0.29, 0.717) is 23.4 Å². The van der Waals surface area contributed by atoms with Gasteiger partial charge >= 0.3 is 0 Å². The Labute approximate surface area is 129 Å². The lowest BCUT2D eigenvalue weighted by atomic mass is 10.1. The molecule has 0 saturated heterocycles. The Bertz CT molecular complexity index is 785. The maximum absolute atomic E-state index is 13.9. The lowest BCUT2D eigenvalue weighted by molar-refractivity contribution is 0.342. The summed E-state index contributed by atoms with van der Waals surface area (Å²) in [6, 6.07) is 10.2. The van der Waals surface area contributed by atoms with E-state index in [1.165, 1.54) is 6.07 Å². The van der Waals surface area contributed by atoms with Gasteiger partial charge in [0.15, 0.2) is 5.58 Å². The summed E-state index contributed by atoms with van der Waals surface area (Å²) in [4.78, 5) is 0. The van der Waals surface area contributed by atoms with Crippen molar-refractivity contribution >= 4 is 26.9 Å². The molecule has 0 radical (unpaired) electrons. The van der Waals surface area contributed by atoms with Gasteiger partial charge in [0, 0.05) is 16.5 Å². The Morgan fingerprint density at radius 2 is 2.05 bits per heavy atom. The van der Waals surface area contributed by atoms with Crippen LogP contribution in [0.25, 0.3) is 22.2 Å². The summed E-state index contributed by atoms with van der Waals surface area (Å²) in [5.41, 5.74) is 2.44. The predicted molar refractivity (Wildman–Crippen MR) is 83.4 cm³/mol. The standard InChI is InChI=1S/C16H13BrFNO2/c1-10-14(20-9-8-17)7-6-12-15(19-21-16(10)12)11-4-2-3-5-13(11)18/h2-7H,8-9H2,1H3. The van der Waals surface area contributed by atoms with Gasteiger partial charge in [-0.05, 0) is 31.2 Å². The summed E-state index contributed by atoms with van der Waals surface area (Å²) in [5.74, 6) is 0.433. The van der Waals surface area contributed by atoms with E-state index in [1.807, 2.05) is 19.1 Å². The van der Waals surface area contributed by atoms with E-state index in [0.717, 1.165) is 22.0 Å². The zero-order valence-corrected chi connectivity index (χ0v) is 13.0. The molecule has 0 amide bonds. The van der Waals surface area contributed by atoms with Crippen LogP contribution in [0.5, 0.6) is 5.75 Å². The number of hydrogen-bond acceptors (Lipinski definition) is 3. The summed E-state index contributed by atoms with van der Waals surface area (Å²) < 4.78 is 24.9. The Morgan fingerprint density at radius 1 is 1.24 bits per heavy atom. The summed E-state index contributed by atoms with van der Waals surface area (Å²) in [6.45, 7) is 2.48. The van der Waals surface area contributed by atoms with Crippen LogP contribution in [-0.4, -0.2) is 17.1 Å². The second-order valence-electron chi connectivity index (χ2n) is 4.61. The van der Waals surface area contributed by atoms with Crippen LogP contribution in [0, 0.1) is 12.7 Å². The van der Waals surface area contributed by atoms with Crippen LogP contribution in [0.15, 0.2) is 40.9 Å². The highest BCUT2D eigenvalue weighted by molar-refractivity contribution is 9.09. The number of benzene rings is 2. The summed E-state index contributed by atoms with van der Waals surface area (Å²) in [7, 11) is 0. The average Bonchev–Trinajstić information content (AvgIpc) is 2.92. The molecule has 3 aromatic rings. The SMILES string of the molecule is Cc1c(OCCBr)ccc2c(-c3ccccc3F)noc12. The van der Waals surface area contributed by atoms with Crippen molar-refractivity contribution in [2.24, 2.45) is 0 Å². The van der Waals surface area contributed by atoms with Gasteiger partial charge in [0.25, 0.3) is 0 Å². The molecule has 21 heavy (non-hydrogen) atoms. The third kappa shape index (κ3) is 2.53. The van der Waals surface area contributed by atoms with Crippen LogP contribution >= 0.6 is 15.9 Å². The summed E-state index contributed by atoms with van der Waals surface area (Å²) >= 11 is 3.32. The third-order valence-corrected chi connectivity index (χ3v) is 3.63. The lowest BCUT2D eigenvalue weighted by Crippen LogP contribution is -1.99. The van der Waals surface area contributed by atoms with Crippen LogP contribution < -0.4 is 4.74 Å². The first-order chi connectivity index (χ1) is 10.2. The van der Waals surface area contributed by atoms with Crippen LogP contribution in [-0.2, 0) is 0 Å². The van der Waals surface area contributed by atoms with Crippen molar-refractivity contribution in [2.75, 3.05) is 11.9 Å². The number of aryl methyl sites for hydroxylation is 1. The number of aromatic nitrogens is 1. The maximum Gasteiger partial charge on any atom is 0.174 e. The van der Waals surface area contributed by atoms with E-state index in [-0.39, 0.29) is 5.82 Å². The topological polar surface area (TPSA) is 35.3 Å². The van der Waals surface area contributed by atoms with Crippen molar-refractivity contribution in [3.05, 3.63) is 47.8 Å². The zero-order chi connectivity index (χ0) is 14.8. The summed E-state index contributed by atoms with van der Waals surface area (Å²) in [5, 5.41) is 5.56. The maximum atomic E-state index is 13.9. The Kier molecular flexibility index (Phi) is 3.92. The van der Waals surface area contributed by atoms with Gasteiger partial charge in [0.05, 0.1) is 12.0 Å². The van der Waals surface area contributed by atoms with Crippen molar-refractivity contribution < 1.29 is 13.7 Å². The van der Waals surface area contributed by atoms with E-state index in [9.17, 15) is 4.39 Å². The fourth-order valence-electron chi connectivity index (χ4n) is 2.27. The minimum atomic E-state index is -0.315. The summed E-state index contributed by atoms with van der Waals surface area (Å²) in [6.07, 6.45) is 0. The molecular weight excluding hydrogens is 337 g/mol. The molecule has 5 heteroatoms. The molecule has 0 N–H and O–H groups in total. The molecule has 1 aromatic heterocycles. The molecule has 108 valence electrons. The van der Waals surface area contributed by atoms with Crippen molar-refractivity contribution in [3.63, 3.8) is 0 Å². The smallest absolute Gasteiger partial charge is 0.174 e. The molecule has 1 heterocycles. The van der Waals surface area contributed by atoms with Crippen LogP contribution in [0.3, 0.4) is 0 Å². The Hall–Kier alpha value is -1.88. The molecular formula is C16H13BrFNO2. The minimum Gasteiger partial charge on any atom is -0.492 e. The molecule has 0 atom stereocenters. The first kappa shape index (κ1) is 14.1. The normalized spacial score (nSPS) is 11.0. The number of nitrogens with zero attached hydrogens (tertiary/aromatic N) is 1. The first-order valence-electron chi connectivity index (χ1n) is 6.55. The van der Waals surface area contributed by atoms with E-state index in [4.69, 9.17) is 9.26 Å². The predicted octanol–water partition coefficient (Wildman–Crippen LogP) is 4.72. The van der Waals surface area contributed by atoms with Crippen molar-refractivity contribution in [1.82, 2.24) is 5.16 Å². The molecule has 2 aromatic carbocycles. The number of rotatable bonds is 4. The Morgan fingerprint density at radius 3 is 2.81 bits per heavy atom. The van der Waals surface area contributed by atoms with E-state index in [1.54, 1.807) is 18.2 Å². The van der Waals surface area contributed by atoms with E-state index >= 15 is 0 Å². The zero-order valence-electron chi connectivity index (χ0n) is 11.4. The molecule has 3 nitrogen and oxygen atoms in total. The van der Waals surface area contributed by atoms with Gasteiger partial charge in [-0.3, -0.25) is 0 Å². The van der Waals surface area contributed by atoms with Gasteiger partial charge in [-0.25, -0.2) is 4.39 Å². The molecule has 0 spiro atoms. The van der Waals surface area contributed by atoms with Crippen molar-refractivity contribution in [1.29, 1.82) is 0 Å². The number of fused-ring (bicyclic) bond motifs is 1. The van der Waals surface area contributed by atoms with Gasteiger partial charge in [-0.15, -0.1) is 0 Å². The fourth-order valence-corrected chi connectivity index (χ4v) is 2.43. The quantitative estimate of drug-likeness (QED) is 0.639. The highest BCUT2D eigenvalue weighted by atomic mass is 79.9. The van der Waals surface area contributed by atoms with Crippen molar-refractivity contribution in [2.45, 2.75) is 6.92 Å². The second kappa shape index (κ2) is 5.85. The molecule has 0 unspecified atom stereocenters. The molecule has 0 bridgehead atoms. The Balaban J connectivity index is 2.12. The average molecular weight is 350 g/mol. The number of hydrogen-bond donors (Lipinski definition) is 0. The highest BCUT2D eigenvalue weighted by Gasteiger charge is 2.17. The minimum absolute atomic E-state index is 0.315. The molecule has 3 rings (SSSR count). The van der Waals surface area contributed by atoms with Crippen LogP contribution in [0.2, 0.25) is 0 Å². The van der Waals surface area contributed by atoms with Gasteiger partial charge in [0.2, 0.25) is 0 Å². The monoisotopic (exact) mass is 349 g/mol. The number of halogens is 2. The fraction of sp³-hybridized carbons (Fsp3) is 0.188. The molecule has 0 aliphatic carbocycles. The molecule has 0 fully saturated rings.